The minimum Gasteiger partial charge on any atom is -0.378 e. The molecule has 1 N–H and O–H groups in total. The average Bonchev–Trinajstić information content (AvgIpc) is 3.39. The highest BCUT2D eigenvalue weighted by Gasteiger charge is 2.55. The molecule has 0 aliphatic heterocycles. The number of hydrogen-bond acceptors (Lipinski definition) is 2. The van der Waals surface area contributed by atoms with Crippen LogP contribution in [-0.4, -0.2) is 25.3 Å². The predicted molar refractivity (Wildman–Crippen MR) is 86.3 cm³/mol. The van der Waals surface area contributed by atoms with E-state index in [9.17, 15) is 0 Å². The first-order valence-electron chi connectivity index (χ1n) is 9.68. The lowest BCUT2D eigenvalue weighted by Crippen LogP contribution is -2.65. The number of hydrogen-bond donors (Lipinski definition) is 1. The van der Waals surface area contributed by atoms with Crippen LogP contribution in [0.1, 0.15) is 71.1 Å². The van der Waals surface area contributed by atoms with Gasteiger partial charge in [0.05, 0.1) is 6.10 Å². The van der Waals surface area contributed by atoms with Crippen molar-refractivity contribution in [3.63, 3.8) is 0 Å². The molecule has 4 fully saturated rings. The summed E-state index contributed by atoms with van der Waals surface area (Å²) in [5, 5.41) is 4.03. The molecule has 0 aromatic carbocycles. The van der Waals surface area contributed by atoms with Gasteiger partial charge in [-0.15, -0.1) is 0 Å². The van der Waals surface area contributed by atoms with E-state index in [-0.39, 0.29) is 0 Å². The van der Waals surface area contributed by atoms with Crippen molar-refractivity contribution in [1.29, 1.82) is 0 Å². The molecule has 4 rings (SSSR count). The Morgan fingerprint density at radius 1 is 1.05 bits per heavy atom. The van der Waals surface area contributed by atoms with Crippen LogP contribution in [0.25, 0.3) is 0 Å². The molecule has 0 aromatic heterocycles. The summed E-state index contributed by atoms with van der Waals surface area (Å²) in [5.74, 6) is 3.17. The molecule has 2 heteroatoms. The zero-order valence-corrected chi connectivity index (χ0v) is 13.8. The molecule has 2 atom stereocenters. The highest BCUT2D eigenvalue weighted by molar-refractivity contribution is 5.09. The van der Waals surface area contributed by atoms with Crippen molar-refractivity contribution in [2.75, 3.05) is 13.2 Å². The molecule has 0 bridgehead atoms. The molecule has 0 radical (unpaired) electrons. The van der Waals surface area contributed by atoms with Crippen LogP contribution in [0.2, 0.25) is 0 Å². The van der Waals surface area contributed by atoms with Crippen LogP contribution in [0.15, 0.2) is 0 Å². The molecular weight excluding hydrogens is 258 g/mol. The summed E-state index contributed by atoms with van der Waals surface area (Å²) >= 11 is 0. The van der Waals surface area contributed by atoms with Crippen molar-refractivity contribution in [2.24, 2.45) is 23.2 Å². The monoisotopic (exact) mass is 291 g/mol. The Kier molecular flexibility index (Phi) is 4.04. The largest absolute Gasteiger partial charge is 0.378 e. The first-order chi connectivity index (χ1) is 10.3. The minimum absolute atomic E-state index is 0.506. The Bertz CT molecular complexity index is 343. The zero-order chi connectivity index (χ0) is 14.3. The summed E-state index contributed by atoms with van der Waals surface area (Å²) < 4.78 is 6.09. The Hall–Kier alpha value is -0.0800. The van der Waals surface area contributed by atoms with Crippen molar-refractivity contribution in [2.45, 2.75) is 83.3 Å². The van der Waals surface area contributed by atoms with E-state index < -0.39 is 0 Å². The van der Waals surface area contributed by atoms with Crippen LogP contribution in [0.4, 0.5) is 0 Å². The van der Waals surface area contributed by atoms with Crippen LogP contribution in [-0.2, 0) is 4.74 Å². The molecule has 120 valence electrons. The third-order valence-electron chi connectivity index (χ3n) is 6.99. The summed E-state index contributed by atoms with van der Waals surface area (Å²) in [6.45, 7) is 4.36. The number of nitrogens with one attached hydrogen (secondary N) is 1. The predicted octanol–water partition coefficient (Wildman–Crippen LogP) is 4.14. The summed E-state index contributed by atoms with van der Waals surface area (Å²) in [4.78, 5) is 0. The SMILES string of the molecule is CCOC1CC(NCC(C2CC2)C2CC2)C12CCCCC2. The fraction of sp³-hybridized carbons (Fsp3) is 1.00. The molecule has 0 heterocycles. The van der Waals surface area contributed by atoms with Gasteiger partial charge < -0.3 is 10.1 Å². The summed E-state index contributed by atoms with van der Waals surface area (Å²) in [6, 6.07) is 0.759. The lowest BCUT2D eigenvalue weighted by molar-refractivity contribution is -0.150. The molecule has 4 saturated carbocycles. The van der Waals surface area contributed by atoms with Crippen LogP contribution < -0.4 is 5.32 Å². The van der Waals surface area contributed by atoms with Gasteiger partial charge in [0, 0.05) is 18.1 Å². The van der Waals surface area contributed by atoms with Crippen LogP contribution in [0, 0.1) is 23.2 Å². The van der Waals surface area contributed by atoms with Gasteiger partial charge in [-0.25, -0.2) is 0 Å². The molecule has 4 aliphatic rings. The Labute approximate surface area is 130 Å². The maximum atomic E-state index is 6.09. The maximum Gasteiger partial charge on any atom is 0.0661 e. The topological polar surface area (TPSA) is 21.3 Å². The van der Waals surface area contributed by atoms with Gasteiger partial charge in [-0.05, 0) is 76.2 Å². The first-order valence-corrected chi connectivity index (χ1v) is 9.68. The van der Waals surface area contributed by atoms with Gasteiger partial charge in [0.2, 0.25) is 0 Å². The van der Waals surface area contributed by atoms with Crippen LogP contribution in [0.5, 0.6) is 0 Å². The van der Waals surface area contributed by atoms with Gasteiger partial charge in [0.1, 0.15) is 0 Å². The standard InChI is InChI=1S/C19H33NO/c1-2-21-18-12-17(19(18)10-4-3-5-11-19)20-13-16(14-6-7-14)15-8-9-15/h14-18,20H,2-13H2,1H3. The summed E-state index contributed by atoms with van der Waals surface area (Å²) in [7, 11) is 0. The second-order valence-corrected chi connectivity index (χ2v) is 8.27. The van der Waals surface area contributed by atoms with Crippen molar-refractivity contribution < 1.29 is 4.74 Å². The quantitative estimate of drug-likeness (QED) is 0.761. The van der Waals surface area contributed by atoms with E-state index in [0.29, 0.717) is 11.5 Å². The van der Waals surface area contributed by atoms with E-state index in [1.807, 2.05) is 0 Å². The molecule has 0 saturated heterocycles. The zero-order valence-electron chi connectivity index (χ0n) is 13.8. The van der Waals surface area contributed by atoms with E-state index in [0.717, 1.165) is 30.4 Å². The van der Waals surface area contributed by atoms with Crippen molar-refractivity contribution in [1.82, 2.24) is 5.32 Å². The Balaban J connectivity index is 1.35. The second kappa shape index (κ2) is 5.85. The highest BCUT2D eigenvalue weighted by atomic mass is 16.5. The van der Waals surface area contributed by atoms with Gasteiger partial charge >= 0.3 is 0 Å². The average molecular weight is 291 g/mol. The van der Waals surface area contributed by atoms with Crippen LogP contribution >= 0.6 is 0 Å². The van der Waals surface area contributed by atoms with Crippen LogP contribution in [0.3, 0.4) is 0 Å². The number of ether oxygens (including phenoxy) is 1. The van der Waals surface area contributed by atoms with Crippen molar-refractivity contribution in [3.05, 3.63) is 0 Å². The normalized spacial score (nSPS) is 35.1. The van der Waals surface area contributed by atoms with E-state index in [4.69, 9.17) is 4.74 Å². The first kappa shape index (κ1) is 14.5. The molecule has 21 heavy (non-hydrogen) atoms. The van der Waals surface area contributed by atoms with E-state index in [2.05, 4.69) is 12.2 Å². The molecule has 0 aromatic rings. The Morgan fingerprint density at radius 3 is 2.29 bits per heavy atom. The van der Waals surface area contributed by atoms with Gasteiger partial charge in [-0.3, -0.25) is 0 Å². The van der Waals surface area contributed by atoms with E-state index in [1.54, 1.807) is 0 Å². The number of rotatable bonds is 7. The van der Waals surface area contributed by atoms with Gasteiger partial charge in [0.25, 0.3) is 0 Å². The molecule has 2 nitrogen and oxygen atoms in total. The second-order valence-electron chi connectivity index (χ2n) is 8.27. The fourth-order valence-electron chi connectivity index (χ4n) is 5.39. The summed E-state index contributed by atoms with van der Waals surface area (Å²) in [5.41, 5.74) is 0.506. The highest BCUT2D eigenvalue weighted by Crippen LogP contribution is 2.54. The molecule has 1 spiro atoms. The Morgan fingerprint density at radius 2 is 1.71 bits per heavy atom. The third-order valence-corrected chi connectivity index (χ3v) is 6.99. The van der Waals surface area contributed by atoms with Crippen molar-refractivity contribution in [3.8, 4) is 0 Å². The minimum atomic E-state index is 0.506. The van der Waals surface area contributed by atoms with Crippen molar-refractivity contribution >= 4 is 0 Å². The smallest absolute Gasteiger partial charge is 0.0661 e. The molecule has 4 aliphatic carbocycles. The molecular formula is C19H33NO. The lowest BCUT2D eigenvalue weighted by atomic mass is 9.55. The molecule has 2 unspecified atom stereocenters. The molecule has 0 amide bonds. The maximum absolute atomic E-state index is 6.09. The summed E-state index contributed by atoms with van der Waals surface area (Å²) in [6.07, 6.45) is 15.0. The van der Waals surface area contributed by atoms with E-state index >= 15 is 0 Å². The van der Waals surface area contributed by atoms with Gasteiger partial charge in [-0.1, -0.05) is 19.3 Å². The van der Waals surface area contributed by atoms with Gasteiger partial charge in [0.15, 0.2) is 0 Å². The third kappa shape index (κ3) is 2.79. The van der Waals surface area contributed by atoms with Gasteiger partial charge in [-0.2, -0.15) is 0 Å². The van der Waals surface area contributed by atoms with E-state index in [1.165, 1.54) is 70.8 Å². The lowest BCUT2D eigenvalue weighted by Gasteiger charge is -2.58. The fourth-order valence-corrected chi connectivity index (χ4v) is 5.39.